The quantitative estimate of drug-likeness (QED) is 0.850. The van der Waals surface area contributed by atoms with E-state index in [1.807, 2.05) is 12.1 Å². The Morgan fingerprint density at radius 2 is 1.80 bits per heavy atom. The van der Waals surface area contributed by atoms with Crippen LogP contribution in [-0.4, -0.2) is 0 Å². The molecular formula is C17H19BrFN. The molecule has 1 nitrogen and oxygen atoms in total. The Balaban J connectivity index is 2.28. The van der Waals surface area contributed by atoms with E-state index in [2.05, 4.69) is 41.9 Å². The monoisotopic (exact) mass is 335 g/mol. The predicted molar refractivity (Wildman–Crippen MR) is 85.1 cm³/mol. The molecule has 0 radical (unpaired) electrons. The Kier molecular flexibility index (Phi) is 4.95. The first-order chi connectivity index (χ1) is 9.47. The van der Waals surface area contributed by atoms with Gasteiger partial charge in [0.05, 0.1) is 10.5 Å². The highest BCUT2D eigenvalue weighted by molar-refractivity contribution is 9.10. The molecule has 0 aliphatic heterocycles. The normalized spacial score (nSPS) is 12.7. The lowest BCUT2D eigenvalue weighted by atomic mass is 9.95. The minimum absolute atomic E-state index is 0.237. The molecule has 2 aromatic carbocycles. The summed E-state index contributed by atoms with van der Waals surface area (Å²) in [7, 11) is 0. The van der Waals surface area contributed by atoms with E-state index in [1.165, 1.54) is 11.6 Å². The lowest BCUT2D eigenvalue weighted by Crippen LogP contribution is -2.12. The zero-order chi connectivity index (χ0) is 14.7. The fourth-order valence-electron chi connectivity index (χ4n) is 2.28. The van der Waals surface area contributed by atoms with Gasteiger partial charge in [-0.15, -0.1) is 0 Å². The summed E-state index contributed by atoms with van der Waals surface area (Å²) in [6.07, 6.45) is 1.04. The average molecular weight is 336 g/mol. The number of benzene rings is 2. The molecule has 0 heterocycles. The van der Waals surface area contributed by atoms with E-state index in [4.69, 9.17) is 5.73 Å². The number of nitrogens with two attached hydrogens (primary N) is 1. The maximum Gasteiger partial charge on any atom is 0.137 e. The largest absolute Gasteiger partial charge is 0.320 e. The van der Waals surface area contributed by atoms with Gasteiger partial charge >= 0.3 is 0 Å². The second kappa shape index (κ2) is 6.51. The van der Waals surface area contributed by atoms with Crippen molar-refractivity contribution < 1.29 is 4.39 Å². The van der Waals surface area contributed by atoms with E-state index >= 15 is 0 Å². The predicted octanol–water partition coefficient (Wildman–Crippen LogP) is 4.83. The van der Waals surface area contributed by atoms with E-state index in [0.29, 0.717) is 10.4 Å². The molecule has 0 saturated heterocycles. The summed E-state index contributed by atoms with van der Waals surface area (Å²) in [5.74, 6) is 0.343. The van der Waals surface area contributed by atoms with Crippen LogP contribution >= 0.6 is 15.9 Å². The molecule has 0 bridgehead atoms. The van der Waals surface area contributed by atoms with Gasteiger partial charge in [0.1, 0.15) is 5.82 Å². The lowest BCUT2D eigenvalue weighted by molar-refractivity contribution is 0.619. The SMILES string of the molecule is CC(C)Cc1cccc(C(N)c2ccc(F)c(Br)c2)c1. The van der Waals surface area contributed by atoms with Crippen molar-refractivity contribution in [2.75, 3.05) is 0 Å². The maximum absolute atomic E-state index is 13.3. The highest BCUT2D eigenvalue weighted by atomic mass is 79.9. The summed E-state index contributed by atoms with van der Waals surface area (Å²) in [4.78, 5) is 0. The second-order valence-corrected chi connectivity index (χ2v) is 6.35. The van der Waals surface area contributed by atoms with Crippen LogP contribution in [0.5, 0.6) is 0 Å². The maximum atomic E-state index is 13.3. The van der Waals surface area contributed by atoms with Crippen molar-refractivity contribution in [2.45, 2.75) is 26.3 Å². The molecule has 0 fully saturated rings. The van der Waals surface area contributed by atoms with Gasteiger partial charge < -0.3 is 5.73 Å². The Hall–Kier alpha value is -1.19. The van der Waals surface area contributed by atoms with Crippen molar-refractivity contribution in [1.82, 2.24) is 0 Å². The molecule has 1 unspecified atom stereocenters. The molecule has 106 valence electrons. The van der Waals surface area contributed by atoms with Crippen LogP contribution in [0.2, 0.25) is 0 Å². The molecule has 0 saturated carbocycles. The third-order valence-corrected chi connectivity index (χ3v) is 3.86. The van der Waals surface area contributed by atoms with Crippen molar-refractivity contribution in [3.05, 3.63) is 69.4 Å². The number of hydrogen-bond donors (Lipinski definition) is 1. The molecule has 0 aliphatic carbocycles. The molecule has 2 N–H and O–H groups in total. The van der Waals surface area contributed by atoms with Crippen molar-refractivity contribution in [2.24, 2.45) is 11.7 Å². The fraction of sp³-hybridized carbons (Fsp3) is 0.294. The van der Waals surface area contributed by atoms with Gasteiger partial charge in [-0.3, -0.25) is 0 Å². The lowest BCUT2D eigenvalue weighted by Gasteiger charge is -2.15. The molecule has 0 spiro atoms. The Bertz CT molecular complexity index is 595. The van der Waals surface area contributed by atoms with E-state index < -0.39 is 0 Å². The minimum Gasteiger partial charge on any atom is -0.320 e. The van der Waals surface area contributed by atoms with Crippen LogP contribution in [-0.2, 0) is 6.42 Å². The first-order valence-corrected chi connectivity index (χ1v) is 7.56. The molecule has 0 amide bonds. The van der Waals surface area contributed by atoms with Gasteiger partial charge in [0, 0.05) is 0 Å². The van der Waals surface area contributed by atoms with Crippen LogP contribution in [0.1, 0.15) is 36.6 Å². The van der Waals surface area contributed by atoms with Gasteiger partial charge in [-0.1, -0.05) is 44.2 Å². The molecule has 0 aliphatic rings. The van der Waals surface area contributed by atoms with Gasteiger partial charge in [-0.2, -0.15) is 0 Å². The third-order valence-electron chi connectivity index (χ3n) is 3.26. The second-order valence-electron chi connectivity index (χ2n) is 5.49. The highest BCUT2D eigenvalue weighted by Gasteiger charge is 2.11. The Labute approximate surface area is 128 Å². The topological polar surface area (TPSA) is 26.0 Å². The van der Waals surface area contributed by atoms with E-state index in [1.54, 1.807) is 12.1 Å². The minimum atomic E-state index is -0.269. The van der Waals surface area contributed by atoms with E-state index in [9.17, 15) is 4.39 Å². The van der Waals surface area contributed by atoms with Gasteiger partial charge in [0.15, 0.2) is 0 Å². The summed E-state index contributed by atoms with van der Waals surface area (Å²) < 4.78 is 13.7. The summed E-state index contributed by atoms with van der Waals surface area (Å²) in [6, 6.07) is 13.0. The molecule has 0 aromatic heterocycles. The van der Waals surface area contributed by atoms with Gasteiger partial charge in [-0.25, -0.2) is 4.39 Å². The molecule has 3 heteroatoms. The third kappa shape index (κ3) is 3.68. The summed E-state index contributed by atoms with van der Waals surface area (Å²) >= 11 is 3.20. The smallest absolute Gasteiger partial charge is 0.137 e. The van der Waals surface area contributed by atoms with Crippen LogP contribution in [0.15, 0.2) is 46.9 Å². The Morgan fingerprint density at radius 3 is 2.45 bits per heavy atom. The molecular weight excluding hydrogens is 317 g/mol. The van der Waals surface area contributed by atoms with Crippen LogP contribution in [0.25, 0.3) is 0 Å². The number of rotatable bonds is 4. The zero-order valence-corrected chi connectivity index (χ0v) is 13.3. The van der Waals surface area contributed by atoms with Crippen molar-refractivity contribution in [1.29, 1.82) is 0 Å². The zero-order valence-electron chi connectivity index (χ0n) is 11.7. The first-order valence-electron chi connectivity index (χ1n) is 6.76. The summed E-state index contributed by atoms with van der Waals surface area (Å²) in [5.41, 5.74) is 9.54. The summed E-state index contributed by atoms with van der Waals surface area (Å²) in [5, 5.41) is 0. The van der Waals surface area contributed by atoms with Crippen molar-refractivity contribution >= 4 is 15.9 Å². The van der Waals surface area contributed by atoms with E-state index in [-0.39, 0.29) is 11.9 Å². The highest BCUT2D eigenvalue weighted by Crippen LogP contribution is 2.25. The number of hydrogen-bond acceptors (Lipinski definition) is 1. The van der Waals surface area contributed by atoms with Gasteiger partial charge in [0.25, 0.3) is 0 Å². The van der Waals surface area contributed by atoms with Crippen LogP contribution in [0, 0.1) is 11.7 Å². The molecule has 2 rings (SSSR count). The first kappa shape index (κ1) is 15.2. The molecule has 20 heavy (non-hydrogen) atoms. The van der Waals surface area contributed by atoms with Crippen molar-refractivity contribution in [3.63, 3.8) is 0 Å². The van der Waals surface area contributed by atoms with Crippen molar-refractivity contribution in [3.8, 4) is 0 Å². The standard InChI is InChI=1S/C17H19BrFN/c1-11(2)8-12-4-3-5-13(9-12)17(20)14-6-7-16(19)15(18)10-14/h3-7,9-11,17H,8,20H2,1-2H3. The molecule has 2 aromatic rings. The van der Waals surface area contributed by atoms with Crippen LogP contribution in [0.3, 0.4) is 0 Å². The molecule has 1 atom stereocenters. The summed E-state index contributed by atoms with van der Waals surface area (Å²) in [6.45, 7) is 4.40. The Morgan fingerprint density at radius 1 is 1.10 bits per heavy atom. The van der Waals surface area contributed by atoms with Gasteiger partial charge in [0.2, 0.25) is 0 Å². The average Bonchev–Trinajstić information content (AvgIpc) is 2.40. The van der Waals surface area contributed by atoms with Gasteiger partial charge in [-0.05, 0) is 57.1 Å². The van der Waals surface area contributed by atoms with E-state index in [0.717, 1.165) is 17.5 Å². The number of halogens is 2. The fourth-order valence-corrected chi connectivity index (χ4v) is 2.68. The van der Waals surface area contributed by atoms with Crippen LogP contribution < -0.4 is 5.73 Å². The van der Waals surface area contributed by atoms with Crippen LogP contribution in [0.4, 0.5) is 4.39 Å².